The average molecular weight is 639 g/mol. The van der Waals surface area contributed by atoms with Crippen LogP contribution in [0.3, 0.4) is 0 Å². The molecule has 4 amide bonds. The first kappa shape index (κ1) is 32.6. The van der Waals surface area contributed by atoms with Gasteiger partial charge in [-0.05, 0) is 68.0 Å². The molecule has 3 N–H and O–H groups in total. The van der Waals surface area contributed by atoms with E-state index >= 15 is 0 Å². The largest absolute Gasteiger partial charge is 0.493 e. The molecule has 12 nitrogen and oxygen atoms in total. The molecule has 1 aromatic heterocycles. The van der Waals surface area contributed by atoms with Gasteiger partial charge < -0.3 is 35.1 Å². The summed E-state index contributed by atoms with van der Waals surface area (Å²) in [5.41, 5.74) is 2.81. The molecular formula is C32H42N6O6S. The quantitative estimate of drug-likeness (QED) is 0.353. The number of amides is 4. The van der Waals surface area contributed by atoms with Crippen molar-refractivity contribution in [1.82, 2.24) is 25.4 Å². The molecule has 0 saturated carbocycles. The molecule has 2 aromatic rings. The van der Waals surface area contributed by atoms with Gasteiger partial charge in [-0.1, -0.05) is 6.07 Å². The number of ether oxygens (including phenoxy) is 3. The fourth-order valence-electron chi connectivity index (χ4n) is 5.19. The summed E-state index contributed by atoms with van der Waals surface area (Å²) in [6.45, 7) is 11.1. The zero-order valence-corrected chi connectivity index (χ0v) is 26.9. The van der Waals surface area contributed by atoms with Crippen molar-refractivity contribution in [2.24, 2.45) is 0 Å². The number of carbonyl (C=O) groups excluding carboxylic acids is 3. The highest BCUT2D eigenvalue weighted by atomic mass is 32.2. The number of anilines is 1. The number of pyridine rings is 1. The number of nitrogens with zero attached hydrogens (tertiary/aromatic N) is 3. The Morgan fingerprint density at radius 1 is 1.11 bits per heavy atom. The first-order valence-corrected chi connectivity index (χ1v) is 16.4. The summed E-state index contributed by atoms with van der Waals surface area (Å²) in [4.78, 5) is 47.2. The fraction of sp³-hybridized carbons (Fsp3) is 0.500. The van der Waals surface area contributed by atoms with Crippen molar-refractivity contribution in [2.45, 2.75) is 51.8 Å². The van der Waals surface area contributed by atoms with E-state index in [1.165, 1.54) is 11.8 Å². The van der Waals surface area contributed by atoms with Gasteiger partial charge in [-0.15, -0.1) is 11.8 Å². The Balaban J connectivity index is 1.19. The van der Waals surface area contributed by atoms with Crippen LogP contribution in [-0.2, 0) is 22.4 Å². The van der Waals surface area contributed by atoms with Crippen LogP contribution in [0.25, 0.3) is 0 Å². The van der Waals surface area contributed by atoms with Gasteiger partial charge in [-0.2, -0.15) is 0 Å². The number of urea groups is 1. The minimum atomic E-state index is -0.620. The molecule has 0 aliphatic carbocycles. The first-order valence-electron chi connectivity index (χ1n) is 15.3. The summed E-state index contributed by atoms with van der Waals surface area (Å²) in [5, 5.41) is 10.5. The maximum absolute atomic E-state index is 13.5. The van der Waals surface area contributed by atoms with Crippen LogP contribution < -0.4 is 20.7 Å². The number of benzene rings is 1. The first-order chi connectivity index (χ1) is 21.6. The lowest BCUT2D eigenvalue weighted by Crippen LogP contribution is -2.44. The topological polar surface area (TPSA) is 134 Å². The summed E-state index contributed by atoms with van der Waals surface area (Å²) in [5.74, 6) is 1.07. The third-order valence-corrected chi connectivity index (χ3v) is 8.41. The molecule has 45 heavy (non-hydrogen) atoms. The summed E-state index contributed by atoms with van der Waals surface area (Å²) in [6, 6.07) is 8.59. The molecule has 1 unspecified atom stereocenters. The maximum atomic E-state index is 13.5. The predicted octanol–water partition coefficient (Wildman–Crippen LogP) is 3.98. The highest BCUT2D eigenvalue weighted by Gasteiger charge is 2.27. The number of alkyl carbamates (subject to hydrolysis) is 1. The van der Waals surface area contributed by atoms with Gasteiger partial charge >= 0.3 is 12.1 Å². The molecule has 4 heterocycles. The van der Waals surface area contributed by atoms with E-state index in [-0.39, 0.29) is 23.7 Å². The van der Waals surface area contributed by atoms with E-state index in [0.717, 1.165) is 68.3 Å². The molecule has 0 radical (unpaired) electrons. The van der Waals surface area contributed by atoms with Crippen molar-refractivity contribution in [3.8, 4) is 5.75 Å². The third-order valence-electron chi connectivity index (χ3n) is 7.46. The van der Waals surface area contributed by atoms with Crippen LogP contribution in [-0.4, -0.2) is 96.2 Å². The maximum Gasteiger partial charge on any atom is 0.408 e. The lowest BCUT2D eigenvalue weighted by atomic mass is 10.1. The Morgan fingerprint density at radius 2 is 1.93 bits per heavy atom. The zero-order chi connectivity index (χ0) is 31.8. The summed E-state index contributed by atoms with van der Waals surface area (Å²) in [7, 11) is 0. The molecule has 0 bridgehead atoms. The molecular weight excluding hydrogens is 596 g/mol. The van der Waals surface area contributed by atoms with Crippen molar-refractivity contribution in [2.75, 3.05) is 57.1 Å². The number of morpholine rings is 1. The molecule has 3 aliphatic heterocycles. The molecule has 1 fully saturated rings. The average Bonchev–Trinajstić information content (AvgIpc) is 3.65. The fourth-order valence-corrected chi connectivity index (χ4v) is 6.14. The molecule has 1 atom stereocenters. The van der Waals surface area contributed by atoms with E-state index in [9.17, 15) is 14.4 Å². The lowest BCUT2D eigenvalue weighted by molar-refractivity contribution is 0.0365. The van der Waals surface area contributed by atoms with Crippen LogP contribution in [0.1, 0.15) is 48.8 Å². The smallest absolute Gasteiger partial charge is 0.408 e. The number of rotatable bonds is 10. The van der Waals surface area contributed by atoms with Crippen LogP contribution in [0, 0.1) is 0 Å². The van der Waals surface area contributed by atoms with Crippen molar-refractivity contribution in [3.05, 3.63) is 64.5 Å². The molecule has 3 aliphatic rings. The number of aromatic nitrogens is 1. The molecule has 13 heteroatoms. The highest BCUT2D eigenvalue weighted by molar-refractivity contribution is 8.02. The molecule has 1 aromatic carbocycles. The normalized spacial score (nSPS) is 17.9. The second kappa shape index (κ2) is 15.0. The Bertz CT molecular complexity index is 1390. The SMILES string of the molecule is CC(C)(C)OC(=O)NC1CSC=C1NC(=O)c1ccc(CN(CCCN2CCOCC2)C(=O)Nc2ccc3c(c2)CCO3)cn1. The number of fused-ring (bicyclic) bond motifs is 1. The van der Waals surface area contributed by atoms with E-state index in [4.69, 9.17) is 14.2 Å². The number of hydrogen-bond acceptors (Lipinski definition) is 9. The van der Waals surface area contributed by atoms with Crippen LogP contribution in [0.5, 0.6) is 5.75 Å². The van der Waals surface area contributed by atoms with Gasteiger partial charge in [-0.3, -0.25) is 14.7 Å². The van der Waals surface area contributed by atoms with Crippen molar-refractivity contribution < 1.29 is 28.6 Å². The van der Waals surface area contributed by atoms with Crippen molar-refractivity contribution in [1.29, 1.82) is 0 Å². The molecule has 1 saturated heterocycles. The minimum Gasteiger partial charge on any atom is -0.493 e. The third kappa shape index (κ3) is 9.59. The van der Waals surface area contributed by atoms with E-state index in [0.29, 0.717) is 31.1 Å². The highest BCUT2D eigenvalue weighted by Crippen LogP contribution is 2.28. The second-order valence-electron chi connectivity index (χ2n) is 12.2. The van der Waals surface area contributed by atoms with Crippen LogP contribution in [0.4, 0.5) is 15.3 Å². The van der Waals surface area contributed by atoms with Gasteiger partial charge in [0.2, 0.25) is 0 Å². The predicted molar refractivity (Wildman–Crippen MR) is 172 cm³/mol. The van der Waals surface area contributed by atoms with Gasteiger partial charge in [0.25, 0.3) is 5.91 Å². The van der Waals surface area contributed by atoms with E-state index in [1.807, 2.05) is 29.7 Å². The van der Waals surface area contributed by atoms with Crippen LogP contribution >= 0.6 is 11.8 Å². The summed E-state index contributed by atoms with van der Waals surface area (Å²) >= 11 is 1.49. The van der Waals surface area contributed by atoms with Crippen LogP contribution in [0.15, 0.2) is 47.6 Å². The number of hydrogen-bond donors (Lipinski definition) is 3. The zero-order valence-electron chi connectivity index (χ0n) is 26.1. The molecule has 5 rings (SSSR count). The Kier molecular flexibility index (Phi) is 10.8. The Hall–Kier alpha value is -3.81. The molecule has 242 valence electrons. The number of nitrogens with one attached hydrogen (secondary N) is 3. The van der Waals surface area contributed by atoms with Gasteiger partial charge in [0.1, 0.15) is 17.0 Å². The summed E-state index contributed by atoms with van der Waals surface area (Å²) in [6.07, 6.45) is 2.72. The van der Waals surface area contributed by atoms with Gasteiger partial charge in [0.15, 0.2) is 0 Å². The second-order valence-corrected chi connectivity index (χ2v) is 13.1. The monoisotopic (exact) mass is 638 g/mol. The van der Waals surface area contributed by atoms with E-state index in [2.05, 4.69) is 25.8 Å². The standard InChI is InChI=1S/C32H42N6O6S/c1-32(2,3)44-31(41)36-27-21-45-20-26(27)35-29(39)25-7-5-22(18-33-25)19-38(11-4-10-37-12-15-42-16-13-37)30(40)34-24-6-8-28-23(17-24)9-14-43-28/h5-8,17-18,20,27H,4,9-16,19,21H2,1-3H3,(H,34,40)(H,35,39)(H,36,41). The number of thioether (sulfide) groups is 1. The van der Waals surface area contributed by atoms with E-state index in [1.54, 1.807) is 37.9 Å². The van der Waals surface area contributed by atoms with Gasteiger partial charge in [0.05, 0.1) is 25.9 Å². The van der Waals surface area contributed by atoms with Gasteiger partial charge in [-0.25, -0.2) is 9.59 Å². The molecule has 0 spiro atoms. The van der Waals surface area contributed by atoms with Crippen LogP contribution in [0.2, 0.25) is 0 Å². The van der Waals surface area contributed by atoms with Crippen molar-refractivity contribution >= 4 is 35.5 Å². The van der Waals surface area contributed by atoms with E-state index < -0.39 is 11.7 Å². The van der Waals surface area contributed by atoms with Gasteiger partial charge in [0, 0.05) is 62.5 Å². The minimum absolute atomic E-state index is 0.202. The number of carbonyl (C=O) groups is 3. The Labute approximate surface area is 268 Å². The Morgan fingerprint density at radius 3 is 2.69 bits per heavy atom. The lowest BCUT2D eigenvalue weighted by Gasteiger charge is -2.28. The summed E-state index contributed by atoms with van der Waals surface area (Å²) < 4.78 is 16.4. The van der Waals surface area contributed by atoms with Crippen molar-refractivity contribution in [3.63, 3.8) is 0 Å².